The summed E-state index contributed by atoms with van der Waals surface area (Å²) in [5.74, 6) is 0.739. The van der Waals surface area contributed by atoms with Crippen molar-refractivity contribution in [1.82, 2.24) is 5.32 Å². The third-order valence-corrected chi connectivity index (χ3v) is 6.43. The van der Waals surface area contributed by atoms with Crippen molar-refractivity contribution in [1.29, 1.82) is 0 Å². The van der Waals surface area contributed by atoms with Crippen LogP contribution < -0.4 is 5.32 Å². The van der Waals surface area contributed by atoms with Crippen LogP contribution in [0.1, 0.15) is 50.4 Å². The highest BCUT2D eigenvalue weighted by atomic mass is 32.1. The van der Waals surface area contributed by atoms with E-state index in [2.05, 4.69) is 59.1 Å². The van der Waals surface area contributed by atoms with Crippen LogP contribution in [0.15, 0.2) is 12.1 Å². The lowest BCUT2D eigenvalue weighted by molar-refractivity contribution is 0.444. The molecule has 0 spiro atoms. The van der Waals surface area contributed by atoms with Gasteiger partial charge in [-0.25, -0.2) is 0 Å². The minimum absolute atomic E-state index is 0.442. The lowest BCUT2D eigenvalue weighted by Gasteiger charge is -2.17. The summed E-state index contributed by atoms with van der Waals surface area (Å²) in [6.07, 6.45) is 1.15. The van der Waals surface area contributed by atoms with Crippen LogP contribution >= 0.6 is 11.3 Å². The van der Waals surface area contributed by atoms with Crippen LogP contribution in [0.5, 0.6) is 0 Å². The molecule has 0 bridgehead atoms. The largest absolute Gasteiger partial charge is 0.312 e. The first kappa shape index (κ1) is 13.1. The van der Waals surface area contributed by atoms with Gasteiger partial charge in [-0.1, -0.05) is 34.6 Å². The molecule has 1 saturated carbocycles. The summed E-state index contributed by atoms with van der Waals surface area (Å²) in [6.45, 7) is 11.8. The fourth-order valence-corrected chi connectivity index (χ4v) is 4.41. The Morgan fingerprint density at radius 2 is 1.82 bits per heavy atom. The standard InChI is InChI=1S/C15H25NS/c1-7-10-8-9-11(17-10)12(16-6)13-14(2,3)15(13,4)5/h8-9,12-13,16H,7H2,1-6H3. The SMILES string of the molecule is CCc1ccc(C(NC)C2C(C)(C)C2(C)C)s1. The second-order valence-electron chi connectivity index (χ2n) is 6.35. The lowest BCUT2D eigenvalue weighted by atomic mass is 10.0. The van der Waals surface area contributed by atoms with E-state index in [0.717, 1.165) is 12.3 Å². The van der Waals surface area contributed by atoms with Crippen molar-refractivity contribution in [3.63, 3.8) is 0 Å². The van der Waals surface area contributed by atoms with Gasteiger partial charge in [0.25, 0.3) is 0 Å². The van der Waals surface area contributed by atoms with Crippen LogP contribution in [0.3, 0.4) is 0 Å². The van der Waals surface area contributed by atoms with Crippen LogP contribution in [-0.2, 0) is 6.42 Å². The zero-order valence-corrected chi connectivity index (χ0v) is 12.7. The molecule has 1 aromatic rings. The zero-order valence-electron chi connectivity index (χ0n) is 11.9. The number of hydrogen-bond donors (Lipinski definition) is 1. The first-order valence-corrected chi connectivity index (χ1v) is 7.43. The molecule has 17 heavy (non-hydrogen) atoms. The molecular formula is C15H25NS. The Balaban J connectivity index is 2.24. The molecule has 0 radical (unpaired) electrons. The second kappa shape index (κ2) is 4.10. The fraction of sp³-hybridized carbons (Fsp3) is 0.733. The van der Waals surface area contributed by atoms with Crippen LogP contribution in [0.25, 0.3) is 0 Å². The molecule has 2 rings (SSSR count). The fourth-order valence-electron chi connectivity index (χ4n) is 3.31. The maximum Gasteiger partial charge on any atom is 0.0451 e. The number of rotatable bonds is 4. The summed E-state index contributed by atoms with van der Waals surface area (Å²) in [7, 11) is 2.10. The molecule has 1 atom stereocenters. The van der Waals surface area contributed by atoms with Gasteiger partial charge in [-0.3, -0.25) is 0 Å². The maximum atomic E-state index is 3.54. The van der Waals surface area contributed by atoms with Crippen LogP contribution in [0.2, 0.25) is 0 Å². The van der Waals surface area contributed by atoms with Crippen molar-refractivity contribution in [2.45, 2.75) is 47.1 Å². The molecule has 0 saturated heterocycles. The molecule has 1 aliphatic carbocycles. The highest BCUT2D eigenvalue weighted by Gasteiger charge is 2.67. The van der Waals surface area contributed by atoms with Gasteiger partial charge in [0.15, 0.2) is 0 Å². The minimum Gasteiger partial charge on any atom is -0.312 e. The summed E-state index contributed by atoms with van der Waals surface area (Å²) < 4.78 is 0. The normalized spacial score (nSPS) is 23.6. The van der Waals surface area contributed by atoms with Gasteiger partial charge in [0.2, 0.25) is 0 Å². The maximum absolute atomic E-state index is 3.54. The van der Waals surface area contributed by atoms with Crippen molar-refractivity contribution in [3.05, 3.63) is 21.9 Å². The number of nitrogens with one attached hydrogen (secondary N) is 1. The Labute approximate surface area is 110 Å². The van der Waals surface area contributed by atoms with Crippen LogP contribution in [0.4, 0.5) is 0 Å². The third kappa shape index (κ3) is 1.86. The summed E-state index contributed by atoms with van der Waals surface area (Å²) in [6, 6.07) is 5.12. The Hall–Kier alpha value is -0.340. The smallest absolute Gasteiger partial charge is 0.0451 e. The molecule has 0 aliphatic heterocycles. The van der Waals surface area contributed by atoms with Crippen molar-refractivity contribution in [2.24, 2.45) is 16.7 Å². The first-order chi connectivity index (χ1) is 7.86. The predicted molar refractivity (Wildman–Crippen MR) is 76.5 cm³/mol. The van der Waals surface area contributed by atoms with E-state index in [-0.39, 0.29) is 0 Å². The van der Waals surface area contributed by atoms with Crippen molar-refractivity contribution in [2.75, 3.05) is 7.05 Å². The number of aryl methyl sites for hydroxylation is 1. The van der Waals surface area contributed by atoms with E-state index >= 15 is 0 Å². The molecule has 1 nitrogen and oxygen atoms in total. The summed E-state index contributed by atoms with van der Waals surface area (Å²) in [5, 5.41) is 3.54. The average Bonchev–Trinajstić information content (AvgIpc) is 2.66. The van der Waals surface area contributed by atoms with Crippen LogP contribution in [-0.4, -0.2) is 7.05 Å². The van der Waals surface area contributed by atoms with Gasteiger partial charge in [-0.15, -0.1) is 11.3 Å². The molecule has 1 N–H and O–H groups in total. The lowest BCUT2D eigenvalue weighted by Crippen LogP contribution is -2.20. The Kier molecular flexibility index (Phi) is 3.16. The molecule has 1 aromatic heterocycles. The van der Waals surface area contributed by atoms with Gasteiger partial charge < -0.3 is 5.32 Å². The van der Waals surface area contributed by atoms with E-state index in [1.54, 1.807) is 0 Å². The molecule has 0 aromatic carbocycles. The molecule has 1 aliphatic rings. The first-order valence-electron chi connectivity index (χ1n) is 6.62. The zero-order chi connectivity index (χ0) is 12.8. The highest BCUT2D eigenvalue weighted by Crippen LogP contribution is 2.72. The summed E-state index contributed by atoms with van der Waals surface area (Å²) in [4.78, 5) is 3.00. The predicted octanol–water partition coefficient (Wildman–Crippen LogP) is 4.25. The monoisotopic (exact) mass is 251 g/mol. The van der Waals surface area contributed by atoms with Crippen molar-refractivity contribution in [3.8, 4) is 0 Å². The van der Waals surface area contributed by atoms with E-state index in [0.29, 0.717) is 16.9 Å². The van der Waals surface area contributed by atoms with Crippen LogP contribution in [0, 0.1) is 16.7 Å². The highest BCUT2D eigenvalue weighted by molar-refractivity contribution is 7.12. The van der Waals surface area contributed by atoms with Gasteiger partial charge in [0, 0.05) is 15.8 Å². The van der Waals surface area contributed by atoms with Gasteiger partial charge in [-0.2, -0.15) is 0 Å². The molecular weight excluding hydrogens is 226 g/mol. The van der Waals surface area contributed by atoms with Crippen molar-refractivity contribution >= 4 is 11.3 Å². The number of thiophene rings is 1. The van der Waals surface area contributed by atoms with Gasteiger partial charge in [0.05, 0.1) is 0 Å². The van der Waals surface area contributed by atoms with E-state index in [9.17, 15) is 0 Å². The topological polar surface area (TPSA) is 12.0 Å². The molecule has 96 valence electrons. The van der Waals surface area contributed by atoms with E-state index < -0.39 is 0 Å². The molecule has 1 heterocycles. The van der Waals surface area contributed by atoms with Gasteiger partial charge in [-0.05, 0) is 42.3 Å². The number of hydrogen-bond acceptors (Lipinski definition) is 2. The minimum atomic E-state index is 0.442. The third-order valence-electron chi connectivity index (χ3n) is 5.11. The van der Waals surface area contributed by atoms with E-state index in [1.807, 2.05) is 11.3 Å². The quantitative estimate of drug-likeness (QED) is 0.843. The van der Waals surface area contributed by atoms with E-state index in [4.69, 9.17) is 0 Å². The van der Waals surface area contributed by atoms with Gasteiger partial charge >= 0.3 is 0 Å². The molecule has 2 heteroatoms. The Morgan fingerprint density at radius 3 is 2.18 bits per heavy atom. The van der Waals surface area contributed by atoms with E-state index in [1.165, 1.54) is 9.75 Å². The second-order valence-corrected chi connectivity index (χ2v) is 7.54. The average molecular weight is 251 g/mol. The summed E-state index contributed by atoms with van der Waals surface area (Å²) >= 11 is 1.97. The Morgan fingerprint density at radius 1 is 1.24 bits per heavy atom. The molecule has 0 amide bonds. The molecule has 1 fully saturated rings. The Bertz CT molecular complexity index is 389. The summed E-state index contributed by atoms with van der Waals surface area (Å²) in [5.41, 5.74) is 0.883. The molecule has 1 unspecified atom stereocenters. The van der Waals surface area contributed by atoms with Crippen molar-refractivity contribution < 1.29 is 0 Å². The van der Waals surface area contributed by atoms with Gasteiger partial charge in [0.1, 0.15) is 0 Å².